The third-order valence-corrected chi connectivity index (χ3v) is 3.80. The predicted octanol–water partition coefficient (Wildman–Crippen LogP) is 3.27. The zero-order chi connectivity index (χ0) is 8.13. The van der Waals surface area contributed by atoms with Crippen LogP contribution >= 0.6 is 11.6 Å². The minimum atomic E-state index is 0.407. The Morgan fingerprint density at radius 2 is 1.83 bits per heavy atom. The van der Waals surface area contributed by atoms with Gasteiger partial charge >= 0.3 is 0 Å². The lowest BCUT2D eigenvalue weighted by atomic mass is 9.92. The first-order chi connectivity index (χ1) is 5.86. The summed E-state index contributed by atoms with van der Waals surface area (Å²) in [5.41, 5.74) is 3.09. The summed E-state index contributed by atoms with van der Waals surface area (Å²) in [6.07, 6.45) is 2.50. The lowest BCUT2D eigenvalue weighted by Gasteiger charge is -2.18. The average molecular weight is 179 g/mol. The molecule has 0 nitrogen and oxygen atoms in total. The molecule has 1 aromatic carbocycles. The van der Waals surface area contributed by atoms with Crippen molar-refractivity contribution in [1.82, 2.24) is 0 Å². The van der Waals surface area contributed by atoms with Gasteiger partial charge in [-0.2, -0.15) is 0 Å². The van der Waals surface area contributed by atoms with Gasteiger partial charge in [0.2, 0.25) is 0 Å². The van der Waals surface area contributed by atoms with Crippen LogP contribution in [0.5, 0.6) is 0 Å². The molecule has 0 aliphatic heterocycles. The molecule has 1 saturated carbocycles. The fourth-order valence-electron chi connectivity index (χ4n) is 2.78. The summed E-state index contributed by atoms with van der Waals surface area (Å²) in [5.74, 6) is 1.43. The molecule has 0 aromatic heterocycles. The van der Waals surface area contributed by atoms with Crippen molar-refractivity contribution in [1.29, 1.82) is 0 Å². The quantitative estimate of drug-likeness (QED) is 0.535. The highest BCUT2D eigenvalue weighted by Crippen LogP contribution is 2.54. The molecule has 2 aliphatic carbocycles. The Balaban J connectivity index is 2.17. The van der Waals surface area contributed by atoms with Crippen molar-refractivity contribution in [3.63, 3.8) is 0 Å². The van der Waals surface area contributed by atoms with Crippen molar-refractivity contribution < 1.29 is 0 Å². The van der Waals surface area contributed by atoms with E-state index in [2.05, 4.69) is 24.3 Å². The SMILES string of the molecule is Cl[C@@H]1C[C@@H]2C[C@@H]1c1ccccc12. The van der Waals surface area contributed by atoms with Gasteiger partial charge in [0.05, 0.1) is 0 Å². The second kappa shape index (κ2) is 2.26. The van der Waals surface area contributed by atoms with E-state index < -0.39 is 0 Å². The summed E-state index contributed by atoms with van der Waals surface area (Å²) < 4.78 is 0. The van der Waals surface area contributed by atoms with Gasteiger partial charge in [-0.15, -0.1) is 11.6 Å². The van der Waals surface area contributed by atoms with Gasteiger partial charge in [0.25, 0.3) is 0 Å². The normalized spacial score (nSPS) is 36.9. The molecule has 1 fully saturated rings. The van der Waals surface area contributed by atoms with Gasteiger partial charge in [0, 0.05) is 11.3 Å². The number of alkyl halides is 1. The van der Waals surface area contributed by atoms with Gasteiger partial charge in [-0.25, -0.2) is 0 Å². The Bertz CT molecular complexity index is 319. The topological polar surface area (TPSA) is 0 Å². The fourth-order valence-corrected chi connectivity index (χ4v) is 3.24. The highest BCUT2D eigenvalue weighted by atomic mass is 35.5. The van der Waals surface area contributed by atoms with Crippen LogP contribution in [-0.4, -0.2) is 5.38 Å². The zero-order valence-electron chi connectivity index (χ0n) is 6.83. The smallest absolute Gasteiger partial charge is 0.0410 e. The molecule has 3 rings (SSSR count). The van der Waals surface area contributed by atoms with Gasteiger partial charge in [-0.3, -0.25) is 0 Å². The van der Waals surface area contributed by atoms with Gasteiger partial charge < -0.3 is 0 Å². The van der Waals surface area contributed by atoms with E-state index >= 15 is 0 Å². The maximum absolute atomic E-state index is 6.24. The maximum Gasteiger partial charge on any atom is 0.0410 e. The molecule has 2 aliphatic rings. The molecule has 0 spiro atoms. The molecule has 1 aromatic rings. The van der Waals surface area contributed by atoms with E-state index in [1.54, 1.807) is 5.56 Å². The van der Waals surface area contributed by atoms with Crippen molar-refractivity contribution in [3.05, 3.63) is 35.4 Å². The van der Waals surface area contributed by atoms with E-state index in [4.69, 9.17) is 11.6 Å². The van der Waals surface area contributed by atoms with Crippen LogP contribution in [0.3, 0.4) is 0 Å². The third kappa shape index (κ3) is 0.740. The lowest BCUT2D eigenvalue weighted by molar-refractivity contribution is 0.726. The number of benzene rings is 1. The van der Waals surface area contributed by atoms with Gasteiger partial charge in [-0.1, -0.05) is 24.3 Å². The largest absolute Gasteiger partial charge is 0.122 e. The molecule has 0 N–H and O–H groups in total. The van der Waals surface area contributed by atoms with Crippen molar-refractivity contribution in [2.75, 3.05) is 0 Å². The van der Waals surface area contributed by atoms with Crippen LogP contribution in [0.1, 0.15) is 35.8 Å². The molecular formula is C11H11Cl. The van der Waals surface area contributed by atoms with Crippen LogP contribution in [0.2, 0.25) is 0 Å². The number of hydrogen-bond donors (Lipinski definition) is 0. The van der Waals surface area contributed by atoms with Gasteiger partial charge in [0.1, 0.15) is 0 Å². The summed E-state index contributed by atoms with van der Waals surface area (Å²) >= 11 is 6.24. The molecule has 1 heteroatoms. The summed E-state index contributed by atoms with van der Waals surface area (Å²) in [4.78, 5) is 0. The van der Waals surface area contributed by atoms with Crippen LogP contribution in [0.15, 0.2) is 24.3 Å². The Morgan fingerprint density at radius 3 is 2.67 bits per heavy atom. The molecule has 0 amide bonds. The van der Waals surface area contributed by atoms with Crippen molar-refractivity contribution in [2.24, 2.45) is 0 Å². The average Bonchev–Trinajstić information content (AvgIpc) is 2.62. The van der Waals surface area contributed by atoms with Crippen LogP contribution < -0.4 is 0 Å². The van der Waals surface area contributed by atoms with Crippen LogP contribution in [0.4, 0.5) is 0 Å². The van der Waals surface area contributed by atoms with Crippen LogP contribution in [0, 0.1) is 0 Å². The van der Waals surface area contributed by atoms with Crippen LogP contribution in [-0.2, 0) is 0 Å². The number of hydrogen-bond acceptors (Lipinski definition) is 0. The minimum Gasteiger partial charge on any atom is -0.122 e. The van der Waals surface area contributed by atoms with E-state index in [0.717, 1.165) is 5.92 Å². The zero-order valence-corrected chi connectivity index (χ0v) is 7.59. The molecule has 0 saturated heterocycles. The highest BCUT2D eigenvalue weighted by Gasteiger charge is 2.42. The molecule has 0 radical (unpaired) electrons. The van der Waals surface area contributed by atoms with Crippen molar-refractivity contribution in [2.45, 2.75) is 30.1 Å². The number of fused-ring (bicyclic) bond motifs is 5. The number of rotatable bonds is 0. The lowest BCUT2D eigenvalue weighted by Crippen LogP contribution is -2.09. The Morgan fingerprint density at radius 1 is 1.08 bits per heavy atom. The van der Waals surface area contributed by atoms with E-state index in [9.17, 15) is 0 Å². The van der Waals surface area contributed by atoms with Crippen LogP contribution in [0.25, 0.3) is 0 Å². The van der Waals surface area contributed by atoms with Crippen molar-refractivity contribution in [3.8, 4) is 0 Å². The van der Waals surface area contributed by atoms with E-state index in [1.165, 1.54) is 18.4 Å². The summed E-state index contributed by atoms with van der Waals surface area (Å²) in [6, 6.07) is 8.78. The first kappa shape index (κ1) is 6.97. The first-order valence-corrected chi connectivity index (χ1v) is 5.03. The molecule has 2 bridgehead atoms. The molecule has 0 heterocycles. The maximum atomic E-state index is 6.24. The summed E-state index contributed by atoms with van der Waals surface area (Å²) in [5, 5.41) is 0.407. The van der Waals surface area contributed by atoms with E-state index in [-0.39, 0.29) is 0 Å². The summed E-state index contributed by atoms with van der Waals surface area (Å²) in [7, 11) is 0. The monoisotopic (exact) mass is 178 g/mol. The van der Waals surface area contributed by atoms with Crippen molar-refractivity contribution >= 4 is 11.6 Å². The Labute approximate surface area is 77.5 Å². The second-order valence-corrected chi connectivity index (χ2v) is 4.48. The van der Waals surface area contributed by atoms with Gasteiger partial charge in [0.15, 0.2) is 0 Å². The fraction of sp³-hybridized carbons (Fsp3) is 0.455. The standard InChI is InChI=1S/C11H11Cl/c12-11-6-7-5-10(11)9-4-2-1-3-8(7)9/h1-4,7,10-11H,5-6H2/t7-,10+,11+/m0/s1. The molecule has 0 unspecified atom stereocenters. The minimum absolute atomic E-state index is 0.407. The Kier molecular flexibility index (Phi) is 1.31. The molecular weight excluding hydrogens is 168 g/mol. The van der Waals surface area contributed by atoms with Gasteiger partial charge in [-0.05, 0) is 29.9 Å². The Hall–Kier alpha value is -0.490. The summed E-state index contributed by atoms with van der Waals surface area (Å²) in [6.45, 7) is 0. The number of halogens is 1. The third-order valence-electron chi connectivity index (χ3n) is 3.32. The predicted molar refractivity (Wildman–Crippen MR) is 50.8 cm³/mol. The first-order valence-electron chi connectivity index (χ1n) is 4.59. The van der Waals surface area contributed by atoms with E-state index in [0.29, 0.717) is 11.3 Å². The highest BCUT2D eigenvalue weighted by molar-refractivity contribution is 6.21. The second-order valence-electron chi connectivity index (χ2n) is 3.92. The molecule has 12 heavy (non-hydrogen) atoms. The molecule has 62 valence electrons. The van der Waals surface area contributed by atoms with E-state index in [1.807, 2.05) is 0 Å². The molecule has 3 atom stereocenters.